The Labute approximate surface area is 481 Å². The number of unbranched alkanes of at least 4 members (excludes halogenated alkanes) is 11. The zero-order valence-electron chi connectivity index (χ0n) is 52.0. The molecule has 1 aliphatic carbocycles. The van der Waals surface area contributed by atoms with E-state index >= 15 is 0 Å². The van der Waals surface area contributed by atoms with Crippen LogP contribution in [0.3, 0.4) is 0 Å². The summed E-state index contributed by atoms with van der Waals surface area (Å²) in [6.07, 6.45) is 20.9. The summed E-state index contributed by atoms with van der Waals surface area (Å²) in [6.45, 7) is 34.8. The van der Waals surface area contributed by atoms with Crippen LogP contribution in [0.2, 0.25) is 0 Å². The maximum atomic E-state index is 2.70. The van der Waals surface area contributed by atoms with Crippen molar-refractivity contribution in [2.45, 2.75) is 229 Å². The Morgan fingerprint density at radius 3 is 1.06 bits per heavy atom. The molecule has 0 fully saturated rings. The highest BCUT2D eigenvalue weighted by molar-refractivity contribution is 5.91. The molecule has 0 heterocycles. The van der Waals surface area contributed by atoms with E-state index in [1.165, 1.54) is 201 Å². The molecule has 0 saturated heterocycles. The van der Waals surface area contributed by atoms with Crippen LogP contribution in [-0.4, -0.2) is 0 Å². The van der Waals surface area contributed by atoms with Crippen LogP contribution in [0.1, 0.15) is 231 Å². The number of nitrogens with zero attached hydrogens (tertiary/aromatic N) is 2. The SMILES string of the molecule is CCCCCCCCC1(c2cc(CCCCCC)cc(CCCCCC)c2)c2cc(N(c3ccc(C)cc3)c3c(C)cc(C(C)(C)C)cc3C)ccc2-c2ccc(N(c3ccc(C)cc3)c3c(C)cc(C(C)(C)C)cc3C)cc21. The molecule has 0 radical (unpaired) electrons. The van der Waals surface area contributed by atoms with Crippen LogP contribution < -0.4 is 9.80 Å². The van der Waals surface area contributed by atoms with Crippen LogP contribution in [0.4, 0.5) is 34.1 Å². The van der Waals surface area contributed by atoms with Crippen molar-refractivity contribution in [1.82, 2.24) is 0 Å². The van der Waals surface area contributed by atoms with Crippen molar-refractivity contribution in [1.29, 1.82) is 0 Å². The summed E-state index contributed by atoms with van der Waals surface area (Å²) >= 11 is 0. The predicted octanol–water partition coefficient (Wildman–Crippen LogP) is 23.4. The fourth-order valence-corrected chi connectivity index (χ4v) is 13.1. The van der Waals surface area contributed by atoms with E-state index in [0.29, 0.717) is 0 Å². The molecule has 0 spiro atoms. The molecule has 0 saturated carbocycles. The van der Waals surface area contributed by atoms with Gasteiger partial charge in [0, 0.05) is 28.2 Å². The van der Waals surface area contributed by atoms with Crippen molar-refractivity contribution in [2.24, 2.45) is 0 Å². The monoisotopic (exact) mass is 1050 g/mol. The summed E-state index contributed by atoms with van der Waals surface area (Å²) in [5.41, 5.74) is 27.7. The normalized spacial score (nSPS) is 12.9. The van der Waals surface area contributed by atoms with Crippen molar-refractivity contribution in [3.05, 3.63) is 200 Å². The molecular formula is C77H100N2. The molecule has 0 unspecified atom stereocenters. The fraction of sp³-hybridized carbons (Fsp3) is 0.455. The molecule has 2 nitrogen and oxygen atoms in total. The number of anilines is 6. The lowest BCUT2D eigenvalue weighted by molar-refractivity contribution is 0.505. The van der Waals surface area contributed by atoms with Gasteiger partial charge in [-0.15, -0.1) is 0 Å². The third-order valence-corrected chi connectivity index (χ3v) is 17.6. The summed E-state index contributed by atoms with van der Waals surface area (Å²) < 4.78 is 0. The lowest BCUT2D eigenvalue weighted by atomic mass is 9.68. The van der Waals surface area contributed by atoms with Gasteiger partial charge >= 0.3 is 0 Å². The van der Waals surface area contributed by atoms with Gasteiger partial charge in [-0.2, -0.15) is 0 Å². The van der Waals surface area contributed by atoms with Crippen molar-refractivity contribution >= 4 is 34.1 Å². The first-order valence-electron chi connectivity index (χ1n) is 31.2. The molecule has 7 aromatic carbocycles. The van der Waals surface area contributed by atoms with Gasteiger partial charge in [-0.05, 0) is 205 Å². The number of hydrogen-bond acceptors (Lipinski definition) is 2. The van der Waals surface area contributed by atoms with E-state index in [2.05, 4.69) is 241 Å². The third kappa shape index (κ3) is 13.3. The molecule has 0 bridgehead atoms. The Balaban J connectivity index is 1.45. The molecule has 0 amide bonds. The van der Waals surface area contributed by atoms with Gasteiger partial charge in [0.2, 0.25) is 0 Å². The zero-order chi connectivity index (χ0) is 56.6. The van der Waals surface area contributed by atoms with Crippen molar-refractivity contribution in [3.8, 4) is 11.1 Å². The van der Waals surface area contributed by atoms with Gasteiger partial charge in [0.1, 0.15) is 0 Å². The first-order chi connectivity index (χ1) is 37.8. The van der Waals surface area contributed by atoms with Crippen LogP contribution in [0.15, 0.2) is 127 Å². The van der Waals surface area contributed by atoms with Crippen LogP contribution in [0, 0.1) is 41.5 Å². The molecule has 0 atom stereocenters. The predicted molar refractivity (Wildman–Crippen MR) is 347 cm³/mol. The smallest absolute Gasteiger partial charge is 0.0520 e. The number of aryl methyl sites for hydroxylation is 8. The second kappa shape index (κ2) is 25.7. The largest absolute Gasteiger partial charge is 0.310 e. The summed E-state index contributed by atoms with van der Waals surface area (Å²) in [5, 5.41) is 0. The van der Waals surface area contributed by atoms with Crippen LogP contribution in [0.25, 0.3) is 11.1 Å². The molecule has 1 aliphatic rings. The lowest BCUT2D eigenvalue weighted by Crippen LogP contribution is -2.28. The maximum absolute atomic E-state index is 2.70. The number of fused-ring (bicyclic) bond motifs is 3. The average Bonchev–Trinajstić information content (AvgIpc) is 3.27. The minimum Gasteiger partial charge on any atom is -0.310 e. The minimum absolute atomic E-state index is 0.0405. The van der Waals surface area contributed by atoms with Gasteiger partial charge in [-0.3, -0.25) is 0 Å². The highest BCUT2D eigenvalue weighted by Crippen LogP contribution is 2.58. The second-order valence-corrected chi connectivity index (χ2v) is 26.3. The van der Waals surface area contributed by atoms with Crippen LogP contribution >= 0.6 is 0 Å². The average molecular weight is 1050 g/mol. The Kier molecular flexibility index (Phi) is 19.3. The Morgan fingerprint density at radius 1 is 0.354 bits per heavy atom. The topological polar surface area (TPSA) is 6.48 Å². The van der Waals surface area contributed by atoms with Gasteiger partial charge in [0.25, 0.3) is 0 Å². The molecule has 0 aromatic heterocycles. The van der Waals surface area contributed by atoms with E-state index in [1.807, 2.05) is 0 Å². The number of benzene rings is 7. The first-order valence-corrected chi connectivity index (χ1v) is 31.2. The highest BCUT2D eigenvalue weighted by atomic mass is 15.2. The van der Waals surface area contributed by atoms with E-state index < -0.39 is 5.41 Å². The van der Waals surface area contributed by atoms with E-state index in [0.717, 1.165) is 25.7 Å². The van der Waals surface area contributed by atoms with E-state index in [4.69, 9.17) is 0 Å². The van der Waals surface area contributed by atoms with Crippen molar-refractivity contribution in [2.75, 3.05) is 9.80 Å². The quantitative estimate of drug-likeness (QED) is 0.0557. The molecule has 79 heavy (non-hydrogen) atoms. The Bertz CT molecular complexity index is 2910. The fourth-order valence-electron chi connectivity index (χ4n) is 13.1. The number of hydrogen-bond donors (Lipinski definition) is 0. The summed E-state index contributed by atoms with van der Waals surface area (Å²) in [7, 11) is 0. The van der Waals surface area contributed by atoms with Crippen molar-refractivity contribution in [3.63, 3.8) is 0 Å². The standard InChI is InChI=1S/C77H100N2/c1-16-19-22-25-26-29-44-77(64-50-60(30-27-23-20-17-2)49-61(51-64)31-28-24-21-18-3)71-52-67(78(65-36-32-54(4)33-37-65)73-56(6)45-62(46-57(73)7)75(10,11)12)40-42-69(71)70-43-41-68(53-72(70)77)79(66-38-34-55(5)35-39-66)74-58(8)47-63(48-59(74)9)76(13,14)15/h32-43,45-53H,16-31,44H2,1-15H3. The minimum atomic E-state index is -0.405. The molecule has 418 valence electrons. The number of rotatable bonds is 24. The molecule has 8 rings (SSSR count). The summed E-state index contributed by atoms with van der Waals surface area (Å²) in [4.78, 5) is 5.19. The molecule has 0 N–H and O–H groups in total. The summed E-state index contributed by atoms with van der Waals surface area (Å²) in [5.74, 6) is 0. The van der Waals surface area contributed by atoms with Gasteiger partial charge in [0.15, 0.2) is 0 Å². The van der Waals surface area contributed by atoms with E-state index in [-0.39, 0.29) is 10.8 Å². The van der Waals surface area contributed by atoms with Crippen LogP contribution in [-0.2, 0) is 29.1 Å². The van der Waals surface area contributed by atoms with E-state index in [1.54, 1.807) is 0 Å². The first kappa shape index (κ1) is 59.3. The highest BCUT2D eigenvalue weighted by Gasteiger charge is 2.46. The molecule has 0 aliphatic heterocycles. The third-order valence-electron chi connectivity index (χ3n) is 17.6. The van der Waals surface area contributed by atoms with Gasteiger partial charge in [-0.1, -0.05) is 229 Å². The molecular weight excluding hydrogens is 953 g/mol. The van der Waals surface area contributed by atoms with E-state index in [9.17, 15) is 0 Å². The Hall–Kier alpha value is -5.86. The summed E-state index contributed by atoms with van der Waals surface area (Å²) in [6, 6.07) is 51.6. The van der Waals surface area contributed by atoms with Gasteiger partial charge < -0.3 is 9.80 Å². The van der Waals surface area contributed by atoms with Gasteiger partial charge in [0.05, 0.1) is 11.4 Å². The lowest BCUT2D eigenvalue weighted by Gasteiger charge is -2.37. The zero-order valence-corrected chi connectivity index (χ0v) is 52.0. The second-order valence-electron chi connectivity index (χ2n) is 26.3. The van der Waals surface area contributed by atoms with Gasteiger partial charge in [-0.25, -0.2) is 0 Å². The van der Waals surface area contributed by atoms with Crippen molar-refractivity contribution < 1.29 is 0 Å². The molecule has 7 aromatic rings. The van der Waals surface area contributed by atoms with Crippen LogP contribution in [0.5, 0.6) is 0 Å². The maximum Gasteiger partial charge on any atom is 0.0520 e. The molecule has 2 heteroatoms. The Morgan fingerprint density at radius 2 is 0.696 bits per heavy atom.